The zero-order chi connectivity index (χ0) is 17.7. The lowest BCUT2D eigenvalue weighted by atomic mass is 10.2. The topological polar surface area (TPSA) is 75.9 Å². The predicted octanol–water partition coefficient (Wildman–Crippen LogP) is 2.25. The molecule has 0 aliphatic carbocycles. The molecule has 0 saturated heterocycles. The third-order valence-electron chi connectivity index (χ3n) is 3.35. The highest BCUT2D eigenvalue weighted by atomic mass is 32.1. The number of urea groups is 1. The average Bonchev–Trinajstić information content (AvgIpc) is 3.13. The lowest BCUT2D eigenvalue weighted by Gasteiger charge is -2.19. The molecule has 2 aromatic heterocycles. The molecule has 2 heterocycles. The Bertz CT molecular complexity index is 674. The number of carbonyl (C=O) groups is 1. The van der Waals surface area contributed by atoms with Crippen LogP contribution >= 0.6 is 11.3 Å². The first-order valence-corrected chi connectivity index (χ1v) is 8.24. The zero-order valence-electron chi connectivity index (χ0n) is 13.7. The Morgan fingerprint density at radius 1 is 1.46 bits per heavy atom. The molecule has 0 aliphatic rings. The van der Waals surface area contributed by atoms with Crippen molar-refractivity contribution in [2.24, 2.45) is 0 Å². The Kier molecular flexibility index (Phi) is 6.18. The maximum absolute atomic E-state index is 12.5. The minimum absolute atomic E-state index is 0.100. The molecule has 10 heteroatoms. The first-order valence-electron chi connectivity index (χ1n) is 7.43. The van der Waals surface area contributed by atoms with Crippen LogP contribution < -0.4 is 5.32 Å². The summed E-state index contributed by atoms with van der Waals surface area (Å²) in [7, 11) is 1.58. The Morgan fingerprint density at radius 2 is 2.21 bits per heavy atom. The van der Waals surface area contributed by atoms with Gasteiger partial charge in [0.05, 0.1) is 11.6 Å². The van der Waals surface area contributed by atoms with Crippen molar-refractivity contribution in [2.45, 2.75) is 39.3 Å². The predicted molar refractivity (Wildman–Crippen MR) is 86.2 cm³/mol. The number of amides is 2. The lowest BCUT2D eigenvalue weighted by molar-refractivity contribution is 0.119. The van der Waals surface area contributed by atoms with E-state index in [-0.39, 0.29) is 18.5 Å². The van der Waals surface area contributed by atoms with Crippen molar-refractivity contribution in [2.75, 3.05) is 13.6 Å². The van der Waals surface area contributed by atoms with Crippen molar-refractivity contribution in [1.82, 2.24) is 30.0 Å². The third kappa shape index (κ3) is 4.95. The van der Waals surface area contributed by atoms with Gasteiger partial charge in [-0.15, -0.1) is 11.3 Å². The average molecular weight is 358 g/mol. The molecule has 0 bridgehead atoms. The molecule has 0 spiro atoms. The van der Waals surface area contributed by atoms with Gasteiger partial charge in [-0.05, 0) is 6.92 Å². The molecule has 0 aromatic carbocycles. The summed E-state index contributed by atoms with van der Waals surface area (Å²) in [4.78, 5) is 22.9. The van der Waals surface area contributed by atoms with Crippen LogP contribution in [0.2, 0.25) is 0 Å². The molecule has 0 aliphatic heterocycles. The van der Waals surface area contributed by atoms with E-state index in [4.69, 9.17) is 0 Å². The number of nitrogens with one attached hydrogen (secondary N) is 1. The van der Waals surface area contributed by atoms with E-state index in [1.807, 2.05) is 13.8 Å². The van der Waals surface area contributed by atoms with Gasteiger partial charge in [0.15, 0.2) is 0 Å². The van der Waals surface area contributed by atoms with Crippen LogP contribution in [-0.4, -0.2) is 50.7 Å². The van der Waals surface area contributed by atoms with Gasteiger partial charge in [0.25, 0.3) is 6.43 Å². The maximum Gasteiger partial charge on any atom is 0.317 e. The van der Waals surface area contributed by atoms with Crippen LogP contribution in [0.1, 0.15) is 28.6 Å². The van der Waals surface area contributed by atoms with E-state index in [2.05, 4.69) is 20.4 Å². The van der Waals surface area contributed by atoms with Crippen LogP contribution in [0.4, 0.5) is 13.6 Å². The van der Waals surface area contributed by atoms with Crippen LogP contribution in [0.3, 0.4) is 0 Å². The van der Waals surface area contributed by atoms with E-state index in [1.54, 1.807) is 24.6 Å². The highest BCUT2D eigenvalue weighted by molar-refractivity contribution is 7.11. The minimum Gasteiger partial charge on any atom is -0.337 e. The monoisotopic (exact) mass is 358 g/mol. The highest BCUT2D eigenvalue weighted by Gasteiger charge is 2.17. The second-order valence-electron chi connectivity index (χ2n) is 5.50. The number of thiazole rings is 1. The van der Waals surface area contributed by atoms with Crippen molar-refractivity contribution in [3.63, 3.8) is 0 Å². The summed E-state index contributed by atoms with van der Waals surface area (Å²) in [5.41, 5.74) is 0. The normalized spacial score (nSPS) is 12.4. The molecule has 0 saturated carbocycles. The van der Waals surface area contributed by atoms with Gasteiger partial charge in [-0.2, -0.15) is 5.10 Å². The molecule has 1 N–H and O–H groups in total. The molecule has 0 fully saturated rings. The fraction of sp³-hybridized carbons (Fsp3) is 0.571. The number of rotatable bonds is 7. The van der Waals surface area contributed by atoms with Gasteiger partial charge < -0.3 is 10.2 Å². The summed E-state index contributed by atoms with van der Waals surface area (Å²) in [6, 6.07) is -0.304. The van der Waals surface area contributed by atoms with Crippen LogP contribution in [0.15, 0.2) is 12.5 Å². The molecule has 2 aromatic rings. The fourth-order valence-electron chi connectivity index (χ4n) is 2.04. The number of hydrogen-bond acceptors (Lipinski definition) is 5. The molecule has 2 rings (SSSR count). The van der Waals surface area contributed by atoms with E-state index < -0.39 is 13.0 Å². The molecule has 1 atom stereocenters. The van der Waals surface area contributed by atoms with E-state index in [0.717, 1.165) is 14.6 Å². The molecule has 132 valence electrons. The van der Waals surface area contributed by atoms with Gasteiger partial charge in [-0.25, -0.2) is 28.2 Å². The lowest BCUT2D eigenvalue weighted by Crippen LogP contribution is -2.39. The number of carbonyl (C=O) groups excluding carboxylic acids is 1. The van der Waals surface area contributed by atoms with E-state index in [0.29, 0.717) is 12.4 Å². The standard InChI is InChI=1S/C14H20F2N6OS/c1-9(13-17-5-10(2)24-13)4-18-14(23)21(3)7-12-19-8-20-22(12)6-11(15)16/h5,8-9,11H,4,6-7H2,1-3H3,(H,18,23)/t9-/m0/s1. The summed E-state index contributed by atoms with van der Waals surface area (Å²) in [6.07, 6.45) is 0.489. The number of aromatic nitrogens is 4. The summed E-state index contributed by atoms with van der Waals surface area (Å²) in [5, 5.41) is 7.52. The van der Waals surface area contributed by atoms with E-state index in [1.165, 1.54) is 11.2 Å². The molecular weight excluding hydrogens is 338 g/mol. The summed E-state index contributed by atoms with van der Waals surface area (Å²) >= 11 is 1.60. The first kappa shape index (κ1) is 18.2. The molecule has 0 radical (unpaired) electrons. The minimum atomic E-state index is -2.52. The summed E-state index contributed by atoms with van der Waals surface area (Å²) in [5.74, 6) is 0.417. The summed E-state index contributed by atoms with van der Waals surface area (Å²) < 4.78 is 26.0. The molecular formula is C14H20F2N6OS. The Labute approximate surface area is 142 Å². The van der Waals surface area contributed by atoms with Gasteiger partial charge in [-0.1, -0.05) is 6.92 Å². The molecule has 24 heavy (non-hydrogen) atoms. The van der Waals surface area contributed by atoms with Gasteiger partial charge in [0.2, 0.25) is 0 Å². The van der Waals surface area contributed by atoms with Crippen LogP contribution in [-0.2, 0) is 13.1 Å². The van der Waals surface area contributed by atoms with Crippen molar-refractivity contribution >= 4 is 17.4 Å². The smallest absolute Gasteiger partial charge is 0.317 e. The van der Waals surface area contributed by atoms with Crippen LogP contribution in [0.25, 0.3) is 0 Å². The molecule has 7 nitrogen and oxygen atoms in total. The van der Waals surface area contributed by atoms with Crippen LogP contribution in [0.5, 0.6) is 0 Å². The first-order chi connectivity index (χ1) is 11.4. The second kappa shape index (κ2) is 8.13. The Balaban J connectivity index is 1.85. The van der Waals surface area contributed by atoms with Crippen molar-refractivity contribution < 1.29 is 13.6 Å². The largest absolute Gasteiger partial charge is 0.337 e. The summed E-state index contributed by atoms with van der Waals surface area (Å²) in [6.45, 7) is 3.97. The van der Waals surface area contributed by atoms with Gasteiger partial charge >= 0.3 is 6.03 Å². The SMILES string of the molecule is Cc1cnc([C@@H](C)CNC(=O)N(C)Cc2ncnn2CC(F)F)s1. The van der Waals surface area contributed by atoms with Crippen molar-refractivity contribution in [3.8, 4) is 0 Å². The Hall–Kier alpha value is -2.10. The van der Waals surface area contributed by atoms with Gasteiger partial charge in [0.1, 0.15) is 18.7 Å². The second-order valence-corrected chi connectivity index (χ2v) is 6.77. The Morgan fingerprint density at radius 3 is 2.83 bits per heavy atom. The van der Waals surface area contributed by atoms with E-state index >= 15 is 0 Å². The highest BCUT2D eigenvalue weighted by Crippen LogP contribution is 2.20. The fourth-order valence-corrected chi connectivity index (χ4v) is 2.87. The molecule has 2 amide bonds. The number of hydrogen-bond donors (Lipinski definition) is 1. The third-order valence-corrected chi connectivity index (χ3v) is 4.50. The number of alkyl halides is 2. The number of halogens is 2. The maximum atomic E-state index is 12.5. The quantitative estimate of drug-likeness (QED) is 0.824. The van der Waals surface area contributed by atoms with Crippen molar-refractivity contribution in [1.29, 1.82) is 0 Å². The van der Waals surface area contributed by atoms with E-state index in [9.17, 15) is 13.6 Å². The number of aryl methyl sites for hydroxylation is 1. The van der Waals surface area contributed by atoms with Gasteiger partial charge in [-0.3, -0.25) is 0 Å². The molecule has 0 unspecified atom stereocenters. The van der Waals surface area contributed by atoms with Gasteiger partial charge in [0, 0.05) is 30.6 Å². The van der Waals surface area contributed by atoms with Crippen molar-refractivity contribution in [3.05, 3.63) is 28.2 Å². The zero-order valence-corrected chi connectivity index (χ0v) is 14.6. The number of nitrogens with zero attached hydrogens (tertiary/aromatic N) is 5. The van der Waals surface area contributed by atoms with Crippen LogP contribution in [0, 0.1) is 6.92 Å².